The van der Waals surface area contributed by atoms with Crippen LogP contribution >= 0.6 is 0 Å². The monoisotopic (exact) mass is 258 g/mol. The van der Waals surface area contributed by atoms with E-state index in [2.05, 4.69) is 4.98 Å². The molecule has 0 saturated carbocycles. The van der Waals surface area contributed by atoms with Crippen molar-refractivity contribution in [3.63, 3.8) is 0 Å². The SMILES string of the molecule is O=Cc1ccc2[nH]c(C(=O)N3CCOCC3)cc2c1. The van der Waals surface area contributed by atoms with Gasteiger partial charge in [0.2, 0.25) is 0 Å². The second-order valence-corrected chi connectivity index (χ2v) is 4.55. The number of hydrogen-bond acceptors (Lipinski definition) is 3. The molecule has 5 nitrogen and oxygen atoms in total. The minimum Gasteiger partial charge on any atom is -0.378 e. The Hall–Kier alpha value is -2.14. The van der Waals surface area contributed by atoms with E-state index in [1.807, 2.05) is 6.07 Å². The van der Waals surface area contributed by atoms with Gasteiger partial charge in [0.05, 0.1) is 13.2 Å². The molecule has 1 saturated heterocycles. The summed E-state index contributed by atoms with van der Waals surface area (Å²) in [5.74, 6) is -0.0212. The first-order valence-electron chi connectivity index (χ1n) is 6.23. The van der Waals surface area contributed by atoms with Crippen molar-refractivity contribution in [2.45, 2.75) is 0 Å². The molecule has 2 heterocycles. The standard InChI is InChI=1S/C14H14N2O3/c17-9-10-1-2-12-11(7-10)8-13(15-12)14(18)16-3-5-19-6-4-16/h1-2,7-9,15H,3-6H2. The molecule has 1 N–H and O–H groups in total. The highest BCUT2D eigenvalue weighted by molar-refractivity contribution is 5.99. The minimum atomic E-state index is -0.0212. The van der Waals surface area contributed by atoms with Gasteiger partial charge < -0.3 is 14.6 Å². The predicted molar refractivity (Wildman–Crippen MR) is 70.4 cm³/mol. The lowest BCUT2D eigenvalue weighted by molar-refractivity contribution is 0.0299. The van der Waals surface area contributed by atoms with Gasteiger partial charge in [0, 0.05) is 29.6 Å². The summed E-state index contributed by atoms with van der Waals surface area (Å²) in [6.45, 7) is 2.41. The molecule has 1 aromatic carbocycles. The van der Waals surface area contributed by atoms with Crippen molar-refractivity contribution in [1.82, 2.24) is 9.88 Å². The Kier molecular flexibility index (Phi) is 3.05. The number of carbonyl (C=O) groups excluding carboxylic acids is 2. The Morgan fingerprint density at radius 2 is 2.05 bits per heavy atom. The maximum absolute atomic E-state index is 12.3. The van der Waals surface area contributed by atoms with Gasteiger partial charge in [-0.3, -0.25) is 9.59 Å². The Morgan fingerprint density at radius 3 is 2.79 bits per heavy atom. The van der Waals surface area contributed by atoms with Gasteiger partial charge >= 0.3 is 0 Å². The van der Waals surface area contributed by atoms with Crippen molar-refractivity contribution >= 4 is 23.1 Å². The van der Waals surface area contributed by atoms with Crippen LogP contribution in [0.1, 0.15) is 20.8 Å². The topological polar surface area (TPSA) is 62.4 Å². The van der Waals surface area contributed by atoms with Crippen molar-refractivity contribution in [2.24, 2.45) is 0 Å². The van der Waals surface area contributed by atoms with Crippen molar-refractivity contribution in [1.29, 1.82) is 0 Å². The Bertz CT molecular complexity index is 627. The van der Waals surface area contributed by atoms with Crippen molar-refractivity contribution in [2.75, 3.05) is 26.3 Å². The minimum absolute atomic E-state index is 0.0212. The first-order chi connectivity index (χ1) is 9.28. The number of ether oxygens (including phenoxy) is 1. The number of H-pyrrole nitrogens is 1. The van der Waals surface area contributed by atoms with Gasteiger partial charge in [-0.05, 0) is 24.3 Å². The van der Waals surface area contributed by atoms with Gasteiger partial charge in [-0.1, -0.05) is 0 Å². The average Bonchev–Trinajstić information content (AvgIpc) is 2.90. The zero-order valence-corrected chi connectivity index (χ0v) is 10.4. The van der Waals surface area contributed by atoms with Gasteiger partial charge in [-0.15, -0.1) is 0 Å². The van der Waals surface area contributed by atoms with E-state index >= 15 is 0 Å². The average molecular weight is 258 g/mol. The number of aromatic amines is 1. The van der Waals surface area contributed by atoms with E-state index in [1.54, 1.807) is 23.1 Å². The first kappa shape index (κ1) is 11.9. The lowest BCUT2D eigenvalue weighted by atomic mass is 10.2. The summed E-state index contributed by atoms with van der Waals surface area (Å²) < 4.78 is 5.23. The van der Waals surface area contributed by atoms with E-state index in [1.165, 1.54) is 0 Å². The summed E-state index contributed by atoms with van der Waals surface area (Å²) in [5.41, 5.74) is 2.03. The lowest BCUT2D eigenvalue weighted by Gasteiger charge is -2.26. The molecule has 1 fully saturated rings. The second kappa shape index (κ2) is 4.85. The second-order valence-electron chi connectivity index (χ2n) is 4.55. The summed E-state index contributed by atoms with van der Waals surface area (Å²) in [7, 11) is 0. The molecular weight excluding hydrogens is 244 g/mol. The molecule has 2 aromatic rings. The molecule has 19 heavy (non-hydrogen) atoms. The van der Waals surface area contributed by atoms with E-state index in [0.29, 0.717) is 37.6 Å². The third-order valence-electron chi connectivity index (χ3n) is 3.31. The third kappa shape index (κ3) is 2.24. The summed E-state index contributed by atoms with van der Waals surface area (Å²) >= 11 is 0. The highest BCUT2D eigenvalue weighted by atomic mass is 16.5. The number of rotatable bonds is 2. The number of amides is 1. The van der Waals surface area contributed by atoms with E-state index in [9.17, 15) is 9.59 Å². The number of carbonyl (C=O) groups is 2. The van der Waals surface area contributed by atoms with Crippen LogP contribution in [0.2, 0.25) is 0 Å². The lowest BCUT2D eigenvalue weighted by Crippen LogP contribution is -2.40. The molecule has 98 valence electrons. The predicted octanol–water partition coefficient (Wildman–Crippen LogP) is 1.45. The number of aldehydes is 1. The van der Waals surface area contributed by atoms with E-state index in [4.69, 9.17) is 4.74 Å². The molecule has 0 spiro atoms. The van der Waals surface area contributed by atoms with Gasteiger partial charge in [-0.2, -0.15) is 0 Å². The normalized spacial score (nSPS) is 15.7. The van der Waals surface area contributed by atoms with Crippen molar-refractivity contribution in [3.05, 3.63) is 35.5 Å². The van der Waals surface area contributed by atoms with Crippen LogP contribution in [0.5, 0.6) is 0 Å². The van der Waals surface area contributed by atoms with Crippen LogP contribution < -0.4 is 0 Å². The fourth-order valence-electron chi connectivity index (χ4n) is 2.28. The number of hydrogen-bond donors (Lipinski definition) is 1. The van der Waals surface area contributed by atoms with Gasteiger partial charge in [0.25, 0.3) is 5.91 Å². The quantitative estimate of drug-likeness (QED) is 0.829. The molecular formula is C14H14N2O3. The molecule has 1 aliphatic rings. The molecule has 5 heteroatoms. The van der Waals surface area contributed by atoms with Crippen LogP contribution in [0, 0.1) is 0 Å². The molecule has 1 aliphatic heterocycles. The van der Waals surface area contributed by atoms with Crippen molar-refractivity contribution in [3.8, 4) is 0 Å². The molecule has 3 rings (SSSR count). The van der Waals surface area contributed by atoms with Gasteiger partial charge in [-0.25, -0.2) is 0 Å². The van der Waals surface area contributed by atoms with Crippen LogP contribution in [-0.2, 0) is 4.74 Å². The van der Waals surface area contributed by atoms with E-state index < -0.39 is 0 Å². The van der Waals surface area contributed by atoms with Gasteiger partial charge in [0.15, 0.2) is 0 Å². The van der Waals surface area contributed by atoms with Gasteiger partial charge in [0.1, 0.15) is 12.0 Å². The highest BCUT2D eigenvalue weighted by Crippen LogP contribution is 2.18. The summed E-state index contributed by atoms with van der Waals surface area (Å²) in [6.07, 6.45) is 0.801. The number of morpholine rings is 1. The summed E-state index contributed by atoms with van der Waals surface area (Å²) in [4.78, 5) is 27.9. The number of nitrogens with zero attached hydrogens (tertiary/aromatic N) is 1. The smallest absolute Gasteiger partial charge is 0.270 e. The summed E-state index contributed by atoms with van der Waals surface area (Å²) in [5, 5.41) is 0.876. The fourth-order valence-corrected chi connectivity index (χ4v) is 2.28. The van der Waals surface area contributed by atoms with Crippen LogP contribution in [0.3, 0.4) is 0 Å². The number of nitrogens with one attached hydrogen (secondary N) is 1. The van der Waals surface area contributed by atoms with Crippen LogP contribution in [-0.4, -0.2) is 48.4 Å². The maximum atomic E-state index is 12.3. The Balaban J connectivity index is 1.91. The molecule has 0 atom stereocenters. The highest BCUT2D eigenvalue weighted by Gasteiger charge is 2.20. The van der Waals surface area contributed by atoms with Crippen molar-refractivity contribution < 1.29 is 14.3 Å². The molecule has 0 aliphatic carbocycles. The van der Waals surface area contributed by atoms with E-state index in [0.717, 1.165) is 17.2 Å². The zero-order chi connectivity index (χ0) is 13.2. The maximum Gasteiger partial charge on any atom is 0.270 e. The molecule has 0 unspecified atom stereocenters. The number of aromatic nitrogens is 1. The Morgan fingerprint density at radius 1 is 1.26 bits per heavy atom. The van der Waals surface area contributed by atoms with Crippen LogP contribution in [0.25, 0.3) is 10.9 Å². The fraction of sp³-hybridized carbons (Fsp3) is 0.286. The summed E-state index contributed by atoms with van der Waals surface area (Å²) in [6, 6.07) is 7.11. The molecule has 0 radical (unpaired) electrons. The molecule has 0 bridgehead atoms. The zero-order valence-electron chi connectivity index (χ0n) is 10.4. The van der Waals surface area contributed by atoms with Crippen LogP contribution in [0.4, 0.5) is 0 Å². The Labute approximate surface area is 110 Å². The number of benzene rings is 1. The third-order valence-corrected chi connectivity index (χ3v) is 3.31. The van der Waals surface area contributed by atoms with Crippen LogP contribution in [0.15, 0.2) is 24.3 Å². The van der Waals surface area contributed by atoms with E-state index in [-0.39, 0.29) is 5.91 Å². The molecule has 1 aromatic heterocycles. The first-order valence-corrected chi connectivity index (χ1v) is 6.23. The largest absolute Gasteiger partial charge is 0.378 e. The molecule has 1 amide bonds. The number of fused-ring (bicyclic) bond motifs is 1.